The Balaban J connectivity index is 1.31. The highest BCUT2D eigenvalue weighted by molar-refractivity contribution is 7.89. The van der Waals surface area contributed by atoms with Gasteiger partial charge >= 0.3 is 0 Å². The van der Waals surface area contributed by atoms with Crippen molar-refractivity contribution >= 4 is 26.3 Å². The minimum Gasteiger partial charge on any atom is -0.295 e. The fourth-order valence-corrected chi connectivity index (χ4v) is 6.74. The van der Waals surface area contributed by atoms with E-state index in [1.165, 1.54) is 26.2 Å². The molecule has 0 amide bonds. The van der Waals surface area contributed by atoms with Gasteiger partial charge in [0.2, 0.25) is 15.0 Å². The average molecular weight is 496 g/mol. The van der Waals surface area contributed by atoms with Crippen molar-refractivity contribution in [2.24, 2.45) is 0 Å². The SMILES string of the molecule is Cc1cccc(-c2nn3c(=O)cc(CN4CCN(S(=O)(=O)c5ccccc5C)CC4)nc3s2)c1. The van der Waals surface area contributed by atoms with Crippen LogP contribution in [0.1, 0.15) is 16.8 Å². The number of aromatic nitrogens is 3. The molecule has 176 valence electrons. The summed E-state index contributed by atoms with van der Waals surface area (Å²) in [6, 6.07) is 16.6. The van der Waals surface area contributed by atoms with Gasteiger partial charge in [0.25, 0.3) is 5.56 Å². The number of hydrogen-bond donors (Lipinski definition) is 0. The van der Waals surface area contributed by atoms with Gasteiger partial charge in [-0.2, -0.15) is 13.9 Å². The van der Waals surface area contributed by atoms with Crippen molar-refractivity contribution in [1.82, 2.24) is 23.8 Å². The molecule has 3 heterocycles. The van der Waals surface area contributed by atoms with Gasteiger partial charge in [0.15, 0.2) is 0 Å². The van der Waals surface area contributed by atoms with E-state index in [1.807, 2.05) is 50.2 Å². The predicted octanol–water partition coefficient (Wildman–Crippen LogP) is 2.94. The lowest BCUT2D eigenvalue weighted by Crippen LogP contribution is -2.48. The van der Waals surface area contributed by atoms with E-state index in [0.29, 0.717) is 48.3 Å². The second-order valence-corrected chi connectivity index (χ2v) is 11.4. The molecule has 8 nitrogen and oxygen atoms in total. The summed E-state index contributed by atoms with van der Waals surface area (Å²) in [5.41, 5.74) is 3.29. The highest BCUT2D eigenvalue weighted by Crippen LogP contribution is 2.25. The van der Waals surface area contributed by atoms with E-state index in [-0.39, 0.29) is 5.56 Å². The normalized spacial score (nSPS) is 15.7. The van der Waals surface area contributed by atoms with Crippen LogP contribution in [0.4, 0.5) is 0 Å². The van der Waals surface area contributed by atoms with Gasteiger partial charge in [0, 0.05) is 44.4 Å². The molecule has 0 bridgehead atoms. The highest BCUT2D eigenvalue weighted by Gasteiger charge is 2.29. The van der Waals surface area contributed by atoms with Gasteiger partial charge in [0.05, 0.1) is 10.6 Å². The molecule has 0 unspecified atom stereocenters. The van der Waals surface area contributed by atoms with Crippen molar-refractivity contribution in [2.45, 2.75) is 25.3 Å². The van der Waals surface area contributed by atoms with Crippen LogP contribution in [0, 0.1) is 13.8 Å². The number of aryl methyl sites for hydroxylation is 2. The summed E-state index contributed by atoms with van der Waals surface area (Å²) in [4.78, 5) is 20.4. The molecule has 1 saturated heterocycles. The predicted molar refractivity (Wildman–Crippen MR) is 133 cm³/mol. The first-order valence-corrected chi connectivity index (χ1v) is 13.3. The lowest BCUT2D eigenvalue weighted by atomic mass is 10.1. The van der Waals surface area contributed by atoms with E-state index in [2.05, 4.69) is 15.0 Å². The van der Waals surface area contributed by atoms with Crippen LogP contribution in [-0.2, 0) is 16.6 Å². The van der Waals surface area contributed by atoms with Crippen LogP contribution in [0.5, 0.6) is 0 Å². The summed E-state index contributed by atoms with van der Waals surface area (Å²) in [5.74, 6) is 0. The van der Waals surface area contributed by atoms with Crippen LogP contribution >= 0.6 is 11.3 Å². The van der Waals surface area contributed by atoms with Crippen molar-refractivity contribution in [2.75, 3.05) is 26.2 Å². The van der Waals surface area contributed by atoms with Gasteiger partial charge in [-0.1, -0.05) is 53.3 Å². The van der Waals surface area contributed by atoms with Crippen LogP contribution in [0.2, 0.25) is 0 Å². The first kappa shape index (κ1) is 22.9. The molecule has 1 fully saturated rings. The van der Waals surface area contributed by atoms with Crippen LogP contribution in [-0.4, -0.2) is 58.4 Å². The maximum Gasteiger partial charge on any atom is 0.275 e. The number of benzene rings is 2. The van der Waals surface area contributed by atoms with Crippen molar-refractivity contribution in [3.63, 3.8) is 0 Å². The van der Waals surface area contributed by atoms with E-state index in [4.69, 9.17) is 0 Å². The zero-order valence-electron chi connectivity index (χ0n) is 19.0. The molecule has 0 aliphatic carbocycles. The minimum absolute atomic E-state index is 0.212. The third-order valence-electron chi connectivity index (χ3n) is 5.99. The van der Waals surface area contributed by atoms with Crippen LogP contribution in [0.15, 0.2) is 64.3 Å². The number of piperazine rings is 1. The molecule has 2 aromatic carbocycles. The smallest absolute Gasteiger partial charge is 0.275 e. The Kier molecular flexibility index (Phi) is 6.07. The molecule has 4 aromatic rings. The minimum atomic E-state index is -3.52. The summed E-state index contributed by atoms with van der Waals surface area (Å²) in [6.07, 6.45) is 0. The standard InChI is InChI=1S/C24H25N5O3S2/c1-17-6-5-8-19(14-17)23-26-29-22(30)15-20(25-24(29)33-23)16-27-10-12-28(13-11-27)34(31,32)21-9-4-3-7-18(21)2/h3-9,14-15H,10-13,16H2,1-2H3. The molecule has 34 heavy (non-hydrogen) atoms. The Morgan fingerprint density at radius 2 is 1.74 bits per heavy atom. The maximum absolute atomic E-state index is 13.0. The van der Waals surface area contributed by atoms with E-state index >= 15 is 0 Å². The van der Waals surface area contributed by atoms with Crippen molar-refractivity contribution in [1.29, 1.82) is 0 Å². The van der Waals surface area contributed by atoms with E-state index < -0.39 is 10.0 Å². The second kappa shape index (κ2) is 9.03. The Bertz CT molecular complexity index is 1520. The number of sulfonamides is 1. The molecular formula is C24H25N5O3S2. The van der Waals surface area contributed by atoms with Gasteiger partial charge in [-0.15, -0.1) is 0 Å². The van der Waals surface area contributed by atoms with Gasteiger partial charge < -0.3 is 0 Å². The zero-order valence-corrected chi connectivity index (χ0v) is 20.6. The summed E-state index contributed by atoms with van der Waals surface area (Å²) in [6.45, 7) is 6.26. The maximum atomic E-state index is 13.0. The van der Waals surface area contributed by atoms with Crippen molar-refractivity contribution in [3.8, 4) is 10.6 Å². The molecule has 0 saturated carbocycles. The van der Waals surface area contributed by atoms with Crippen LogP contribution in [0.3, 0.4) is 0 Å². The molecular weight excluding hydrogens is 470 g/mol. The summed E-state index contributed by atoms with van der Waals surface area (Å²) < 4.78 is 29.0. The molecule has 2 aromatic heterocycles. The fourth-order valence-electron chi connectivity index (χ4n) is 4.17. The highest BCUT2D eigenvalue weighted by atomic mass is 32.2. The van der Waals surface area contributed by atoms with Gasteiger partial charge in [0.1, 0.15) is 5.01 Å². The molecule has 1 aliphatic heterocycles. The quantitative estimate of drug-likeness (QED) is 0.423. The summed E-state index contributed by atoms with van der Waals surface area (Å²) in [7, 11) is -3.52. The number of nitrogens with zero attached hydrogens (tertiary/aromatic N) is 5. The Labute approximate surface area is 202 Å². The first-order chi connectivity index (χ1) is 16.3. The molecule has 0 N–H and O–H groups in total. The van der Waals surface area contributed by atoms with Crippen molar-refractivity contribution < 1.29 is 8.42 Å². The molecule has 5 rings (SSSR count). The second-order valence-electron chi connectivity index (χ2n) is 8.50. The topological polar surface area (TPSA) is 87.9 Å². The van der Waals surface area contributed by atoms with Crippen molar-refractivity contribution in [3.05, 3.63) is 81.8 Å². The van der Waals surface area contributed by atoms with E-state index in [0.717, 1.165) is 21.7 Å². The lowest BCUT2D eigenvalue weighted by molar-refractivity contribution is 0.180. The first-order valence-electron chi connectivity index (χ1n) is 11.1. The van der Waals surface area contributed by atoms with E-state index in [1.54, 1.807) is 12.1 Å². The molecule has 0 radical (unpaired) electrons. The zero-order chi connectivity index (χ0) is 23.9. The molecule has 10 heteroatoms. The molecule has 1 aliphatic rings. The molecule has 0 spiro atoms. The monoisotopic (exact) mass is 495 g/mol. The summed E-state index contributed by atoms with van der Waals surface area (Å²) in [5, 5.41) is 5.21. The largest absolute Gasteiger partial charge is 0.295 e. The third kappa shape index (κ3) is 4.41. The lowest BCUT2D eigenvalue weighted by Gasteiger charge is -2.34. The van der Waals surface area contributed by atoms with Gasteiger partial charge in [-0.3, -0.25) is 9.69 Å². The van der Waals surface area contributed by atoms with E-state index in [9.17, 15) is 13.2 Å². The van der Waals surface area contributed by atoms with Crippen LogP contribution in [0.25, 0.3) is 15.5 Å². The van der Waals surface area contributed by atoms with Crippen LogP contribution < -0.4 is 5.56 Å². The van der Waals surface area contributed by atoms with Gasteiger partial charge in [-0.05, 0) is 31.5 Å². The number of rotatable bonds is 5. The molecule has 0 atom stereocenters. The van der Waals surface area contributed by atoms with Gasteiger partial charge in [-0.25, -0.2) is 13.4 Å². The number of hydrogen-bond acceptors (Lipinski definition) is 7. The third-order valence-corrected chi connectivity index (χ3v) is 9.01. The Morgan fingerprint density at radius 1 is 0.971 bits per heavy atom. The number of fused-ring (bicyclic) bond motifs is 1. The Morgan fingerprint density at radius 3 is 2.47 bits per heavy atom. The average Bonchev–Trinajstić information content (AvgIpc) is 3.25. The Hall–Kier alpha value is -2.92. The fraction of sp³-hybridized carbons (Fsp3) is 0.292. The summed E-state index contributed by atoms with van der Waals surface area (Å²) >= 11 is 1.39.